The largest absolute Gasteiger partial charge is 0.465 e. The van der Waals surface area contributed by atoms with Crippen molar-refractivity contribution in [3.05, 3.63) is 46.1 Å². The molecule has 0 radical (unpaired) electrons. The molecule has 0 unspecified atom stereocenters. The number of carbonyl (C=O) groups excluding carboxylic acids is 3. The fourth-order valence-corrected chi connectivity index (χ4v) is 4.84. The highest BCUT2D eigenvalue weighted by molar-refractivity contribution is 7.99. The van der Waals surface area contributed by atoms with Crippen molar-refractivity contribution in [2.45, 2.75) is 25.5 Å². The standard InChI is InChI=1S/C20H20FN5O4S2/c1-4-26-17(11-5-7-12(21)8-6-11)24-25-20(26)31-9-13(27)23-18-14(19(29)30-3)10(2)15(32-18)16(22)28/h5-8H,4,9H2,1-3H3,(H2,22,28)(H,23,27). The van der Waals surface area contributed by atoms with Crippen molar-refractivity contribution < 1.29 is 23.5 Å². The van der Waals surface area contributed by atoms with Crippen LogP contribution in [-0.4, -0.2) is 45.4 Å². The van der Waals surface area contributed by atoms with E-state index < -0.39 is 17.8 Å². The number of hydrogen-bond acceptors (Lipinski definition) is 8. The third-order valence-electron chi connectivity index (χ3n) is 4.48. The molecular formula is C20H20FN5O4S2. The summed E-state index contributed by atoms with van der Waals surface area (Å²) in [6.07, 6.45) is 0. The number of benzene rings is 1. The zero-order chi connectivity index (χ0) is 23.4. The van der Waals surface area contributed by atoms with Crippen molar-refractivity contribution in [2.24, 2.45) is 5.73 Å². The molecule has 3 N–H and O–H groups in total. The number of thioether (sulfide) groups is 1. The van der Waals surface area contributed by atoms with Gasteiger partial charge in [-0.15, -0.1) is 21.5 Å². The second kappa shape index (κ2) is 9.92. The Morgan fingerprint density at radius 1 is 1.25 bits per heavy atom. The first-order valence-corrected chi connectivity index (χ1v) is 11.2. The first-order valence-electron chi connectivity index (χ1n) is 9.40. The monoisotopic (exact) mass is 477 g/mol. The zero-order valence-electron chi connectivity index (χ0n) is 17.5. The summed E-state index contributed by atoms with van der Waals surface area (Å²) in [7, 11) is 1.21. The van der Waals surface area contributed by atoms with Gasteiger partial charge in [-0.2, -0.15) is 0 Å². The lowest BCUT2D eigenvalue weighted by Crippen LogP contribution is -2.16. The highest BCUT2D eigenvalue weighted by atomic mass is 32.2. The van der Waals surface area contributed by atoms with E-state index >= 15 is 0 Å². The molecule has 3 aromatic rings. The third-order valence-corrected chi connectivity index (χ3v) is 6.67. The highest BCUT2D eigenvalue weighted by Gasteiger charge is 2.25. The molecule has 0 bridgehead atoms. The van der Waals surface area contributed by atoms with E-state index in [9.17, 15) is 18.8 Å². The van der Waals surface area contributed by atoms with Crippen LogP contribution < -0.4 is 11.1 Å². The summed E-state index contributed by atoms with van der Waals surface area (Å²) in [6.45, 7) is 4.01. The van der Waals surface area contributed by atoms with Crippen molar-refractivity contribution in [3.63, 3.8) is 0 Å². The fourth-order valence-electron chi connectivity index (χ4n) is 2.97. The Bertz CT molecular complexity index is 1170. The van der Waals surface area contributed by atoms with Crippen LogP contribution in [-0.2, 0) is 16.1 Å². The molecule has 9 nitrogen and oxygen atoms in total. The lowest BCUT2D eigenvalue weighted by molar-refractivity contribution is -0.113. The van der Waals surface area contributed by atoms with E-state index in [1.54, 1.807) is 19.1 Å². The number of amides is 2. The van der Waals surface area contributed by atoms with Crippen LogP contribution in [0.15, 0.2) is 29.4 Å². The second-order valence-corrected chi connectivity index (χ2v) is 8.47. The number of nitrogens with one attached hydrogen (secondary N) is 1. The lowest BCUT2D eigenvalue weighted by Gasteiger charge is -2.08. The number of aromatic nitrogens is 3. The normalized spacial score (nSPS) is 10.8. The second-order valence-electron chi connectivity index (χ2n) is 6.51. The van der Waals surface area contributed by atoms with Crippen molar-refractivity contribution in [1.82, 2.24) is 14.8 Å². The molecule has 3 rings (SSSR count). The number of esters is 1. The summed E-state index contributed by atoms with van der Waals surface area (Å²) in [5, 5.41) is 11.6. The topological polar surface area (TPSA) is 129 Å². The highest BCUT2D eigenvalue weighted by Crippen LogP contribution is 2.34. The van der Waals surface area contributed by atoms with Gasteiger partial charge >= 0.3 is 5.97 Å². The van der Waals surface area contributed by atoms with Gasteiger partial charge in [0.2, 0.25) is 5.91 Å². The van der Waals surface area contributed by atoms with Crippen LogP contribution in [0.25, 0.3) is 11.4 Å². The van der Waals surface area contributed by atoms with Crippen LogP contribution in [0.4, 0.5) is 9.39 Å². The van der Waals surface area contributed by atoms with E-state index in [2.05, 4.69) is 15.5 Å². The van der Waals surface area contributed by atoms with Gasteiger partial charge in [0.05, 0.1) is 23.3 Å². The predicted octanol–water partition coefficient (Wildman–Crippen LogP) is 3.09. The Morgan fingerprint density at radius 3 is 2.53 bits per heavy atom. The number of carbonyl (C=O) groups is 3. The van der Waals surface area contributed by atoms with Crippen molar-refractivity contribution in [1.29, 1.82) is 0 Å². The van der Waals surface area contributed by atoms with Gasteiger partial charge in [-0.25, -0.2) is 9.18 Å². The molecule has 2 amide bonds. The van der Waals surface area contributed by atoms with Crippen LogP contribution in [0.5, 0.6) is 0 Å². The number of methoxy groups -OCH3 is 1. The quantitative estimate of drug-likeness (QED) is 0.377. The van der Waals surface area contributed by atoms with Gasteiger partial charge in [-0.3, -0.25) is 9.59 Å². The molecular weight excluding hydrogens is 457 g/mol. The Morgan fingerprint density at radius 2 is 1.94 bits per heavy atom. The first kappa shape index (κ1) is 23.4. The average molecular weight is 478 g/mol. The van der Waals surface area contributed by atoms with Crippen LogP contribution in [0.3, 0.4) is 0 Å². The molecule has 2 aromatic heterocycles. The van der Waals surface area contributed by atoms with Crippen LogP contribution in [0.2, 0.25) is 0 Å². The molecule has 168 valence electrons. The summed E-state index contributed by atoms with van der Waals surface area (Å²) in [4.78, 5) is 36.5. The van der Waals surface area contributed by atoms with E-state index in [0.717, 1.165) is 23.1 Å². The number of thiophene rings is 1. The van der Waals surface area contributed by atoms with Gasteiger partial charge in [0, 0.05) is 12.1 Å². The van der Waals surface area contributed by atoms with E-state index in [-0.39, 0.29) is 27.0 Å². The minimum absolute atomic E-state index is 0.0228. The van der Waals surface area contributed by atoms with Gasteiger partial charge in [0.25, 0.3) is 5.91 Å². The van der Waals surface area contributed by atoms with Gasteiger partial charge in [-0.05, 0) is 43.7 Å². The van der Waals surface area contributed by atoms with E-state index in [4.69, 9.17) is 10.5 Å². The fraction of sp³-hybridized carbons (Fsp3) is 0.250. The van der Waals surface area contributed by atoms with Crippen LogP contribution in [0.1, 0.15) is 32.5 Å². The van der Waals surface area contributed by atoms with Gasteiger partial charge < -0.3 is 20.4 Å². The Labute approximate surface area is 191 Å². The smallest absolute Gasteiger partial charge is 0.341 e. The molecule has 0 aliphatic carbocycles. The maximum atomic E-state index is 13.2. The average Bonchev–Trinajstić information content (AvgIpc) is 3.32. The Balaban J connectivity index is 1.76. The number of nitrogens with zero attached hydrogens (tertiary/aromatic N) is 3. The number of nitrogens with two attached hydrogens (primary N) is 1. The molecule has 0 aliphatic rings. The maximum Gasteiger partial charge on any atom is 0.341 e. The minimum atomic E-state index is -0.697. The summed E-state index contributed by atoms with van der Waals surface area (Å²) < 4.78 is 19.8. The summed E-state index contributed by atoms with van der Waals surface area (Å²) >= 11 is 2.07. The summed E-state index contributed by atoms with van der Waals surface area (Å²) in [5.74, 6) is -1.60. The zero-order valence-corrected chi connectivity index (χ0v) is 19.1. The van der Waals surface area contributed by atoms with Crippen molar-refractivity contribution in [2.75, 3.05) is 18.2 Å². The molecule has 0 saturated heterocycles. The van der Waals surface area contributed by atoms with Gasteiger partial charge in [-0.1, -0.05) is 11.8 Å². The number of rotatable bonds is 8. The Hall–Kier alpha value is -3.25. The van der Waals surface area contributed by atoms with Crippen LogP contribution in [0, 0.1) is 12.7 Å². The number of ether oxygens (including phenoxy) is 1. The molecule has 12 heteroatoms. The van der Waals surface area contributed by atoms with Gasteiger partial charge in [0.15, 0.2) is 11.0 Å². The van der Waals surface area contributed by atoms with E-state index in [1.165, 1.54) is 19.2 Å². The van der Waals surface area contributed by atoms with Crippen molar-refractivity contribution >= 4 is 45.9 Å². The van der Waals surface area contributed by atoms with E-state index in [1.807, 2.05) is 11.5 Å². The molecule has 32 heavy (non-hydrogen) atoms. The molecule has 0 saturated carbocycles. The van der Waals surface area contributed by atoms with Gasteiger partial charge in [0.1, 0.15) is 10.8 Å². The number of primary amides is 1. The molecule has 0 fully saturated rings. The minimum Gasteiger partial charge on any atom is -0.465 e. The molecule has 0 atom stereocenters. The number of halogens is 1. The van der Waals surface area contributed by atoms with Crippen molar-refractivity contribution in [3.8, 4) is 11.4 Å². The Kier molecular flexibility index (Phi) is 7.26. The molecule has 0 aliphatic heterocycles. The summed E-state index contributed by atoms with van der Waals surface area (Å²) in [5.41, 5.74) is 6.51. The predicted molar refractivity (Wildman–Crippen MR) is 119 cm³/mol. The third kappa shape index (κ3) is 4.81. The molecule has 1 aromatic carbocycles. The molecule has 0 spiro atoms. The van der Waals surface area contributed by atoms with E-state index in [0.29, 0.717) is 28.7 Å². The number of hydrogen-bond donors (Lipinski definition) is 2. The lowest BCUT2D eigenvalue weighted by atomic mass is 10.1. The number of anilines is 1. The SMILES string of the molecule is CCn1c(SCC(=O)Nc2sc(C(N)=O)c(C)c2C(=O)OC)nnc1-c1ccc(F)cc1. The summed E-state index contributed by atoms with van der Waals surface area (Å²) in [6, 6.07) is 5.89. The van der Waals surface area contributed by atoms with Crippen LogP contribution >= 0.6 is 23.1 Å². The molecule has 2 heterocycles. The maximum absolute atomic E-state index is 13.2. The first-order chi connectivity index (χ1) is 15.3.